The van der Waals surface area contributed by atoms with Crippen LogP contribution in [0.4, 0.5) is 4.39 Å². The van der Waals surface area contributed by atoms with Gasteiger partial charge in [0.25, 0.3) is 11.5 Å². The predicted octanol–water partition coefficient (Wildman–Crippen LogP) is 5.12. The third-order valence-corrected chi connectivity index (χ3v) is 6.66. The summed E-state index contributed by atoms with van der Waals surface area (Å²) < 4.78 is 14.9. The molecule has 0 radical (unpaired) electrons. The second-order valence-corrected chi connectivity index (χ2v) is 8.39. The number of H-pyrrole nitrogens is 1. The van der Waals surface area contributed by atoms with Gasteiger partial charge in [0.15, 0.2) is 0 Å². The van der Waals surface area contributed by atoms with E-state index >= 15 is 0 Å². The molecule has 1 saturated carbocycles. The number of benzene rings is 1. The van der Waals surface area contributed by atoms with Gasteiger partial charge in [0.1, 0.15) is 5.82 Å². The third-order valence-electron chi connectivity index (χ3n) is 5.70. The zero-order valence-corrected chi connectivity index (χ0v) is 18.1. The number of hydrogen-bond acceptors (Lipinski definition) is 2. The second kappa shape index (κ2) is 8.60. The molecular weight excluding hydrogens is 423 g/mol. The van der Waals surface area contributed by atoms with E-state index in [1.807, 2.05) is 13.0 Å². The molecule has 1 amide bonds. The Morgan fingerprint density at radius 2 is 2.07 bits per heavy atom. The number of pyridine rings is 1. The van der Waals surface area contributed by atoms with Crippen molar-refractivity contribution in [1.29, 1.82) is 0 Å². The van der Waals surface area contributed by atoms with Gasteiger partial charge in [0, 0.05) is 5.69 Å². The van der Waals surface area contributed by atoms with Crippen LogP contribution in [0.15, 0.2) is 27.5 Å². The van der Waals surface area contributed by atoms with Gasteiger partial charge in [-0.15, -0.1) is 0 Å². The highest BCUT2D eigenvalue weighted by molar-refractivity contribution is 9.10. The molecule has 1 atom stereocenters. The molecule has 150 valence electrons. The fourth-order valence-electron chi connectivity index (χ4n) is 4.01. The van der Waals surface area contributed by atoms with Gasteiger partial charge in [-0.2, -0.15) is 0 Å². The molecule has 1 aliphatic carbocycles. The summed E-state index contributed by atoms with van der Waals surface area (Å²) in [5, 5.41) is 3.16. The second-order valence-electron chi connectivity index (χ2n) is 7.59. The van der Waals surface area contributed by atoms with Gasteiger partial charge in [-0.1, -0.05) is 31.9 Å². The molecule has 4 nitrogen and oxygen atoms in total. The maximum Gasteiger partial charge on any atom is 0.262 e. The van der Waals surface area contributed by atoms with Crippen molar-refractivity contribution >= 4 is 21.8 Å². The highest BCUT2D eigenvalue weighted by atomic mass is 79.9. The van der Waals surface area contributed by atoms with E-state index in [0.717, 1.165) is 31.2 Å². The first kappa shape index (κ1) is 20.8. The number of aryl methyl sites for hydroxylation is 1. The van der Waals surface area contributed by atoms with Crippen molar-refractivity contribution in [2.45, 2.75) is 58.9 Å². The van der Waals surface area contributed by atoms with Crippen LogP contribution in [0, 0.1) is 25.6 Å². The van der Waals surface area contributed by atoms with Gasteiger partial charge in [-0.05, 0) is 77.7 Å². The lowest BCUT2D eigenvalue weighted by Gasteiger charge is -2.36. The standard InChI is InChI=1S/C22H26BrFN2O2/c1-4-7-15-16(10-6-11-17(15)24)20(14-8-5-9-14)26-21(27)18-12(2)19(23)22(28)25-13(18)3/h6,10-11,14,20H,4-5,7-9H2,1-3H3,(H,25,28)(H,26,27)/t20-/m0/s1. The molecule has 1 aromatic carbocycles. The lowest BCUT2D eigenvalue weighted by atomic mass is 9.75. The molecular formula is C22H26BrFN2O2. The maximum absolute atomic E-state index is 14.5. The van der Waals surface area contributed by atoms with Crippen LogP contribution < -0.4 is 10.9 Å². The summed E-state index contributed by atoms with van der Waals surface area (Å²) in [7, 11) is 0. The van der Waals surface area contributed by atoms with Gasteiger partial charge in [-0.25, -0.2) is 4.39 Å². The Hall–Kier alpha value is -1.95. The van der Waals surface area contributed by atoms with Gasteiger partial charge in [0.05, 0.1) is 16.1 Å². The van der Waals surface area contributed by atoms with E-state index in [1.54, 1.807) is 19.9 Å². The van der Waals surface area contributed by atoms with E-state index in [0.29, 0.717) is 39.2 Å². The summed E-state index contributed by atoms with van der Waals surface area (Å²) in [5.41, 5.74) is 2.92. The maximum atomic E-state index is 14.5. The molecule has 6 heteroatoms. The van der Waals surface area contributed by atoms with Crippen LogP contribution in [-0.2, 0) is 6.42 Å². The van der Waals surface area contributed by atoms with Crippen LogP contribution >= 0.6 is 15.9 Å². The first-order chi connectivity index (χ1) is 13.3. The molecule has 1 heterocycles. The molecule has 1 aliphatic rings. The number of hydrogen-bond donors (Lipinski definition) is 2. The third kappa shape index (κ3) is 3.93. The van der Waals surface area contributed by atoms with E-state index in [4.69, 9.17) is 0 Å². The Morgan fingerprint density at radius 3 is 2.68 bits per heavy atom. The van der Waals surface area contributed by atoms with Crippen molar-refractivity contribution in [3.8, 4) is 0 Å². The number of carbonyl (C=O) groups is 1. The number of nitrogens with one attached hydrogen (secondary N) is 2. The average Bonchev–Trinajstić information content (AvgIpc) is 2.59. The van der Waals surface area contributed by atoms with Crippen molar-refractivity contribution in [3.05, 3.63) is 66.8 Å². The number of halogens is 2. The molecule has 0 spiro atoms. The highest BCUT2D eigenvalue weighted by Gasteiger charge is 2.32. The number of aromatic nitrogens is 1. The molecule has 0 bridgehead atoms. The van der Waals surface area contributed by atoms with Crippen LogP contribution in [0.2, 0.25) is 0 Å². The fourth-order valence-corrected chi connectivity index (χ4v) is 4.30. The lowest BCUT2D eigenvalue weighted by molar-refractivity contribution is 0.0898. The van der Waals surface area contributed by atoms with Crippen LogP contribution in [0.5, 0.6) is 0 Å². The first-order valence-electron chi connectivity index (χ1n) is 9.82. The Kier molecular flexibility index (Phi) is 6.38. The number of carbonyl (C=O) groups excluding carboxylic acids is 1. The quantitative estimate of drug-likeness (QED) is 0.644. The van der Waals surface area contributed by atoms with Crippen molar-refractivity contribution in [2.24, 2.45) is 5.92 Å². The van der Waals surface area contributed by atoms with Crippen LogP contribution in [-0.4, -0.2) is 10.9 Å². The molecule has 0 saturated heterocycles. The Bertz CT molecular complexity index is 950. The van der Waals surface area contributed by atoms with E-state index in [-0.39, 0.29) is 23.3 Å². The summed E-state index contributed by atoms with van der Waals surface area (Å²) >= 11 is 3.27. The molecule has 1 aromatic heterocycles. The van der Waals surface area contributed by atoms with Gasteiger partial charge in [0.2, 0.25) is 0 Å². The smallest absolute Gasteiger partial charge is 0.262 e. The Morgan fingerprint density at radius 1 is 1.36 bits per heavy atom. The number of amides is 1. The topological polar surface area (TPSA) is 62.0 Å². The highest BCUT2D eigenvalue weighted by Crippen LogP contribution is 2.40. The normalized spacial score (nSPS) is 15.2. The largest absolute Gasteiger partial charge is 0.345 e. The van der Waals surface area contributed by atoms with Crippen LogP contribution in [0.1, 0.15) is 71.4 Å². The van der Waals surface area contributed by atoms with Gasteiger partial charge in [-0.3, -0.25) is 9.59 Å². The molecule has 2 aromatic rings. The first-order valence-corrected chi connectivity index (χ1v) is 10.6. The monoisotopic (exact) mass is 448 g/mol. The summed E-state index contributed by atoms with van der Waals surface area (Å²) in [6.45, 7) is 5.50. The minimum atomic E-state index is -0.252. The van der Waals surface area contributed by atoms with E-state index in [9.17, 15) is 14.0 Å². The zero-order valence-electron chi connectivity index (χ0n) is 16.5. The van der Waals surface area contributed by atoms with Crippen molar-refractivity contribution in [2.75, 3.05) is 0 Å². The number of aromatic amines is 1. The summed E-state index contributed by atoms with van der Waals surface area (Å²) in [4.78, 5) is 27.8. The zero-order chi connectivity index (χ0) is 20.4. The van der Waals surface area contributed by atoms with E-state index in [1.165, 1.54) is 6.07 Å². The van der Waals surface area contributed by atoms with Crippen molar-refractivity contribution < 1.29 is 9.18 Å². The molecule has 1 fully saturated rings. The van der Waals surface area contributed by atoms with Gasteiger partial charge < -0.3 is 10.3 Å². The molecule has 0 aliphatic heterocycles. The molecule has 2 N–H and O–H groups in total. The Labute approximate surface area is 173 Å². The lowest BCUT2D eigenvalue weighted by Crippen LogP contribution is -2.38. The minimum Gasteiger partial charge on any atom is -0.345 e. The number of rotatable bonds is 6. The minimum absolute atomic E-state index is 0.211. The van der Waals surface area contributed by atoms with Crippen LogP contribution in [0.3, 0.4) is 0 Å². The molecule has 3 rings (SSSR count). The summed E-state index contributed by atoms with van der Waals surface area (Å²) in [5.74, 6) is -0.152. The molecule has 28 heavy (non-hydrogen) atoms. The van der Waals surface area contributed by atoms with Gasteiger partial charge >= 0.3 is 0 Å². The summed E-state index contributed by atoms with van der Waals surface area (Å²) in [6, 6.07) is 4.90. The SMILES string of the molecule is CCCc1c(F)cccc1[C@@H](NC(=O)c1c(C)[nH]c(=O)c(Br)c1C)C1CCC1. The van der Waals surface area contributed by atoms with E-state index in [2.05, 4.69) is 26.2 Å². The van der Waals surface area contributed by atoms with Crippen molar-refractivity contribution in [1.82, 2.24) is 10.3 Å². The van der Waals surface area contributed by atoms with E-state index < -0.39 is 0 Å². The summed E-state index contributed by atoms with van der Waals surface area (Å²) in [6.07, 6.45) is 4.63. The van der Waals surface area contributed by atoms with Crippen molar-refractivity contribution in [3.63, 3.8) is 0 Å². The molecule has 0 unspecified atom stereocenters. The Balaban J connectivity index is 2.00. The van der Waals surface area contributed by atoms with Crippen LogP contribution in [0.25, 0.3) is 0 Å². The average molecular weight is 449 g/mol. The predicted molar refractivity (Wildman–Crippen MR) is 112 cm³/mol. The fraction of sp³-hybridized carbons (Fsp3) is 0.455.